The van der Waals surface area contributed by atoms with Gasteiger partial charge in [0.1, 0.15) is 0 Å². The second kappa shape index (κ2) is 8.42. The van der Waals surface area contributed by atoms with Gasteiger partial charge in [-0.2, -0.15) is 13.2 Å². The number of hydrogen-bond acceptors (Lipinski definition) is 6. The zero-order valence-electron chi connectivity index (χ0n) is 16.1. The number of halogens is 3. The van der Waals surface area contributed by atoms with Crippen LogP contribution in [0.2, 0.25) is 0 Å². The molecule has 11 heteroatoms. The molecule has 4 rings (SSSR count). The maximum Gasteiger partial charge on any atom is 0.437 e. The van der Waals surface area contributed by atoms with Crippen LogP contribution in [0.1, 0.15) is 4.88 Å². The Morgan fingerprint density at radius 1 is 1.10 bits per heavy atom. The minimum absolute atomic E-state index is 0.179. The van der Waals surface area contributed by atoms with Crippen LogP contribution in [0.3, 0.4) is 0 Å². The van der Waals surface area contributed by atoms with Gasteiger partial charge in [-0.05, 0) is 30.3 Å². The van der Waals surface area contributed by atoms with Crippen molar-refractivity contribution in [2.45, 2.75) is 6.18 Å². The Morgan fingerprint density at radius 2 is 1.81 bits per heavy atom. The van der Waals surface area contributed by atoms with Gasteiger partial charge in [0, 0.05) is 36.7 Å². The second-order valence-corrected chi connectivity index (χ2v) is 7.91. The molecular weight excluding hydrogens is 433 g/mol. The maximum absolute atomic E-state index is 13.0. The minimum atomic E-state index is -4.77. The summed E-state index contributed by atoms with van der Waals surface area (Å²) in [5.41, 5.74) is -1.22. The van der Waals surface area contributed by atoms with E-state index in [1.54, 1.807) is 17.0 Å². The molecule has 31 heavy (non-hydrogen) atoms. The van der Waals surface area contributed by atoms with Crippen molar-refractivity contribution < 1.29 is 27.6 Å². The summed E-state index contributed by atoms with van der Waals surface area (Å²) >= 11 is 1.25. The van der Waals surface area contributed by atoms with Crippen molar-refractivity contribution in [1.29, 1.82) is 0 Å². The van der Waals surface area contributed by atoms with Crippen molar-refractivity contribution in [2.75, 3.05) is 36.4 Å². The van der Waals surface area contributed by atoms with E-state index < -0.39 is 23.4 Å². The number of benzene rings is 1. The monoisotopic (exact) mass is 450 g/mol. The molecule has 1 N–H and O–H groups in total. The van der Waals surface area contributed by atoms with E-state index in [0.717, 1.165) is 16.8 Å². The van der Waals surface area contributed by atoms with Gasteiger partial charge in [-0.1, -0.05) is 23.4 Å². The molecule has 0 radical (unpaired) electrons. The molecule has 0 atom stereocenters. The highest BCUT2D eigenvalue weighted by Crippen LogP contribution is 2.32. The van der Waals surface area contributed by atoms with Crippen LogP contribution in [0.5, 0.6) is 0 Å². The number of anilines is 2. The molecule has 7 nitrogen and oxygen atoms in total. The van der Waals surface area contributed by atoms with Crippen LogP contribution in [0.25, 0.3) is 6.08 Å². The number of oxime groups is 1. The molecule has 0 bridgehead atoms. The highest BCUT2D eigenvalue weighted by molar-refractivity contribution is 7.17. The Labute approximate surface area is 179 Å². The molecule has 1 saturated heterocycles. The molecule has 0 spiro atoms. The number of carbonyl (C=O) groups is 2. The summed E-state index contributed by atoms with van der Waals surface area (Å²) in [5.74, 6) is -1.12. The van der Waals surface area contributed by atoms with E-state index in [1.807, 2.05) is 35.2 Å². The summed E-state index contributed by atoms with van der Waals surface area (Å²) in [6.45, 7) is 2.17. The van der Waals surface area contributed by atoms with Gasteiger partial charge in [0.25, 0.3) is 0 Å². The number of piperazine rings is 1. The van der Waals surface area contributed by atoms with Crippen molar-refractivity contribution >= 4 is 45.8 Å². The summed E-state index contributed by atoms with van der Waals surface area (Å²) in [6.07, 6.45) is -3.63. The van der Waals surface area contributed by atoms with Crippen LogP contribution in [0, 0.1) is 0 Å². The van der Waals surface area contributed by atoms with Crippen LogP contribution >= 0.6 is 11.3 Å². The van der Waals surface area contributed by atoms with E-state index in [-0.39, 0.29) is 6.03 Å². The van der Waals surface area contributed by atoms with Crippen molar-refractivity contribution in [3.05, 3.63) is 52.9 Å². The number of rotatable bonds is 3. The number of thiophene rings is 1. The predicted octanol–water partition coefficient (Wildman–Crippen LogP) is 3.96. The van der Waals surface area contributed by atoms with Crippen molar-refractivity contribution in [2.24, 2.45) is 5.16 Å². The molecule has 1 aromatic heterocycles. The quantitative estimate of drug-likeness (QED) is 0.568. The molecule has 2 aliphatic heterocycles. The average Bonchev–Trinajstić information content (AvgIpc) is 3.36. The number of nitrogens with one attached hydrogen (secondary N) is 1. The van der Waals surface area contributed by atoms with Crippen LogP contribution in [-0.2, 0) is 9.63 Å². The van der Waals surface area contributed by atoms with Gasteiger partial charge in [0.15, 0.2) is 5.71 Å². The summed E-state index contributed by atoms with van der Waals surface area (Å²) in [7, 11) is 0. The SMILES string of the molecule is O=C1ON=C(C(F)(F)F)C1=Cc1ccc(N2CCN(C(=O)Nc3ccccc3)CC2)s1. The van der Waals surface area contributed by atoms with Crippen molar-refractivity contribution in [3.63, 3.8) is 0 Å². The summed E-state index contributed by atoms with van der Waals surface area (Å²) < 4.78 is 38.9. The molecule has 3 heterocycles. The Bertz CT molecular complexity index is 1040. The molecule has 162 valence electrons. The van der Waals surface area contributed by atoms with Crippen LogP contribution in [-0.4, -0.2) is 55.0 Å². The Kier molecular flexibility index (Phi) is 5.68. The van der Waals surface area contributed by atoms with Crippen LogP contribution in [0.15, 0.2) is 53.2 Å². The third-order valence-electron chi connectivity index (χ3n) is 4.77. The molecule has 2 amide bonds. The van der Waals surface area contributed by atoms with E-state index in [1.165, 1.54) is 11.3 Å². The first-order valence-corrected chi connectivity index (χ1v) is 10.2. The molecule has 0 aliphatic carbocycles. The molecular formula is C20H17F3N4O3S. The fraction of sp³-hybridized carbons (Fsp3) is 0.250. The minimum Gasteiger partial charge on any atom is -0.360 e. The first kappa shape index (κ1) is 20.9. The highest BCUT2D eigenvalue weighted by atomic mass is 32.1. The van der Waals surface area contributed by atoms with Crippen molar-refractivity contribution in [1.82, 2.24) is 4.90 Å². The van der Waals surface area contributed by atoms with E-state index >= 15 is 0 Å². The van der Waals surface area contributed by atoms with Crippen molar-refractivity contribution in [3.8, 4) is 0 Å². The number of hydrogen-bond donors (Lipinski definition) is 1. The third-order valence-corrected chi connectivity index (χ3v) is 5.86. The van der Waals surface area contributed by atoms with E-state index in [4.69, 9.17) is 0 Å². The molecule has 2 aliphatic rings. The topological polar surface area (TPSA) is 74.2 Å². The van der Waals surface area contributed by atoms with Crippen LogP contribution in [0.4, 0.5) is 28.7 Å². The van der Waals surface area contributed by atoms with E-state index in [0.29, 0.717) is 31.1 Å². The first-order valence-electron chi connectivity index (χ1n) is 9.35. The van der Waals surface area contributed by atoms with Gasteiger partial charge in [-0.25, -0.2) is 9.59 Å². The molecule has 0 saturated carbocycles. The highest BCUT2D eigenvalue weighted by Gasteiger charge is 2.45. The van der Waals surface area contributed by atoms with Gasteiger partial charge in [0.05, 0.1) is 10.6 Å². The number of nitrogens with zero attached hydrogens (tertiary/aromatic N) is 3. The molecule has 1 aromatic carbocycles. The average molecular weight is 450 g/mol. The lowest BCUT2D eigenvalue weighted by atomic mass is 10.1. The lowest BCUT2D eigenvalue weighted by Gasteiger charge is -2.35. The fourth-order valence-corrected chi connectivity index (χ4v) is 4.20. The summed E-state index contributed by atoms with van der Waals surface area (Å²) in [5, 5.41) is 6.53. The summed E-state index contributed by atoms with van der Waals surface area (Å²) in [4.78, 5) is 32.4. The number of para-hydroxylation sites is 1. The number of carbonyl (C=O) groups excluding carboxylic acids is 2. The Morgan fingerprint density at radius 3 is 2.48 bits per heavy atom. The number of alkyl halides is 3. The van der Waals surface area contributed by atoms with Gasteiger partial charge in [-0.15, -0.1) is 11.3 Å². The zero-order chi connectivity index (χ0) is 22.0. The smallest absolute Gasteiger partial charge is 0.360 e. The summed E-state index contributed by atoms with van der Waals surface area (Å²) in [6, 6.07) is 12.4. The first-order chi connectivity index (χ1) is 14.8. The van der Waals surface area contributed by atoms with Gasteiger partial charge < -0.3 is 20.0 Å². The molecule has 1 fully saturated rings. The molecule has 2 aromatic rings. The van der Waals surface area contributed by atoms with E-state index in [2.05, 4.69) is 15.3 Å². The lowest BCUT2D eigenvalue weighted by Crippen LogP contribution is -2.49. The van der Waals surface area contributed by atoms with Gasteiger partial charge in [0.2, 0.25) is 0 Å². The predicted molar refractivity (Wildman–Crippen MR) is 111 cm³/mol. The largest absolute Gasteiger partial charge is 0.437 e. The molecule has 0 unspecified atom stereocenters. The third kappa shape index (κ3) is 4.71. The lowest BCUT2D eigenvalue weighted by molar-refractivity contribution is -0.136. The van der Waals surface area contributed by atoms with E-state index in [9.17, 15) is 22.8 Å². The second-order valence-electron chi connectivity index (χ2n) is 6.82. The maximum atomic E-state index is 13.0. The van der Waals surface area contributed by atoms with Gasteiger partial charge >= 0.3 is 18.2 Å². The van der Waals surface area contributed by atoms with Gasteiger partial charge in [-0.3, -0.25) is 0 Å². The zero-order valence-corrected chi connectivity index (χ0v) is 16.9. The fourth-order valence-electron chi connectivity index (χ4n) is 3.20. The standard InChI is InChI=1S/C20H17F3N4O3S/c21-20(22,23)17-15(18(28)30-25-17)12-14-6-7-16(31-14)26-8-10-27(11-9-26)19(29)24-13-4-2-1-3-5-13/h1-7,12H,8-11H2,(H,24,29). The Balaban J connectivity index is 1.38. The normalized spacial score (nSPS) is 18.2. The number of amides is 2. The number of urea groups is 1. The van der Waals surface area contributed by atoms with Crippen LogP contribution < -0.4 is 10.2 Å². The Hall–Kier alpha value is -3.34.